The predicted molar refractivity (Wildman–Crippen MR) is 124 cm³/mol. The van der Waals surface area contributed by atoms with Gasteiger partial charge in [-0.25, -0.2) is 8.42 Å². The van der Waals surface area contributed by atoms with Crippen molar-refractivity contribution >= 4 is 43.3 Å². The maximum atomic E-state index is 12.9. The number of fused-ring (bicyclic) bond motifs is 1. The van der Waals surface area contributed by atoms with Gasteiger partial charge in [0.05, 0.1) is 31.5 Å². The minimum Gasteiger partial charge on any atom is -0.495 e. The fraction of sp³-hybridized carbons (Fsp3) is 0.318. The molecule has 0 radical (unpaired) electrons. The molecule has 33 heavy (non-hydrogen) atoms. The van der Waals surface area contributed by atoms with Crippen LogP contribution >= 0.6 is 11.3 Å². The number of rotatable bonds is 8. The molecule has 1 amide bonds. The second kappa shape index (κ2) is 10.2. The van der Waals surface area contributed by atoms with Crippen molar-refractivity contribution < 1.29 is 32.2 Å². The number of hydrogen-bond donors (Lipinski definition) is 0. The van der Waals surface area contributed by atoms with Crippen molar-refractivity contribution in [3.05, 3.63) is 46.8 Å². The van der Waals surface area contributed by atoms with Gasteiger partial charge in [0.15, 0.2) is 14.6 Å². The van der Waals surface area contributed by atoms with Crippen LogP contribution in [-0.4, -0.2) is 51.4 Å². The van der Waals surface area contributed by atoms with E-state index in [-0.39, 0.29) is 34.2 Å². The Morgan fingerprint density at radius 1 is 1.00 bits per heavy atom. The Bertz CT molecular complexity index is 1350. The fourth-order valence-corrected chi connectivity index (χ4v) is 5.17. The Morgan fingerprint density at radius 2 is 1.64 bits per heavy atom. The summed E-state index contributed by atoms with van der Waals surface area (Å²) in [4.78, 5) is 29.8. The summed E-state index contributed by atoms with van der Waals surface area (Å²) in [6, 6.07) is 9.02. The second-order valence-corrected chi connectivity index (χ2v) is 10.0. The standard InChI is InChI=1S/C22H24N2O7S2/c1-5-31-18(25)13-24-19-16(29-3)11-12-17(30-4)20(19)32-22(24)23-21(26)14-7-9-15(10-8-14)33(27,28)6-2/h7-12H,5-6,13H2,1-4H3. The molecule has 0 unspecified atom stereocenters. The lowest BCUT2D eigenvalue weighted by molar-refractivity contribution is -0.143. The first-order valence-electron chi connectivity index (χ1n) is 10.1. The Balaban J connectivity index is 2.16. The van der Waals surface area contributed by atoms with Crippen molar-refractivity contribution in [1.82, 2.24) is 4.57 Å². The van der Waals surface area contributed by atoms with Gasteiger partial charge in [-0.3, -0.25) is 9.59 Å². The Kier molecular flexibility index (Phi) is 7.54. The minimum atomic E-state index is -3.38. The molecule has 3 rings (SSSR count). The quantitative estimate of drug-likeness (QED) is 0.444. The van der Waals surface area contributed by atoms with Crippen LogP contribution in [0.15, 0.2) is 46.3 Å². The van der Waals surface area contributed by atoms with Crippen LogP contribution < -0.4 is 14.3 Å². The molecule has 1 heterocycles. The van der Waals surface area contributed by atoms with E-state index in [1.165, 1.54) is 49.8 Å². The Morgan fingerprint density at radius 3 is 2.21 bits per heavy atom. The third kappa shape index (κ3) is 5.09. The van der Waals surface area contributed by atoms with E-state index in [1.54, 1.807) is 30.5 Å². The van der Waals surface area contributed by atoms with Crippen molar-refractivity contribution in [2.45, 2.75) is 25.3 Å². The van der Waals surface area contributed by atoms with E-state index in [0.29, 0.717) is 21.7 Å². The van der Waals surface area contributed by atoms with Gasteiger partial charge in [0.25, 0.3) is 5.91 Å². The van der Waals surface area contributed by atoms with Gasteiger partial charge >= 0.3 is 5.97 Å². The zero-order valence-corrected chi connectivity index (χ0v) is 20.3. The monoisotopic (exact) mass is 492 g/mol. The first-order chi connectivity index (χ1) is 15.7. The van der Waals surface area contributed by atoms with Crippen molar-refractivity contribution in [3.63, 3.8) is 0 Å². The SMILES string of the molecule is CCOC(=O)Cn1c(=NC(=O)c2ccc(S(=O)(=O)CC)cc2)sc2c(OC)ccc(OC)c21. The van der Waals surface area contributed by atoms with Crippen LogP contribution in [0, 0.1) is 0 Å². The van der Waals surface area contributed by atoms with E-state index >= 15 is 0 Å². The van der Waals surface area contributed by atoms with E-state index in [9.17, 15) is 18.0 Å². The van der Waals surface area contributed by atoms with Crippen molar-refractivity contribution in [3.8, 4) is 11.5 Å². The van der Waals surface area contributed by atoms with Crippen molar-refractivity contribution in [1.29, 1.82) is 0 Å². The molecular weight excluding hydrogens is 468 g/mol. The number of nitrogens with zero attached hydrogens (tertiary/aromatic N) is 2. The maximum Gasteiger partial charge on any atom is 0.326 e. The number of hydrogen-bond acceptors (Lipinski definition) is 8. The molecule has 0 aliphatic heterocycles. The molecule has 0 fully saturated rings. The maximum absolute atomic E-state index is 12.9. The molecule has 176 valence electrons. The topological polar surface area (TPSA) is 113 Å². The zero-order valence-electron chi connectivity index (χ0n) is 18.7. The Labute approximate surface area is 195 Å². The number of carbonyl (C=O) groups is 2. The third-order valence-electron chi connectivity index (χ3n) is 4.82. The number of ether oxygens (including phenoxy) is 3. The molecule has 9 nitrogen and oxygen atoms in total. The van der Waals surface area contributed by atoms with Crippen LogP contribution in [0.25, 0.3) is 10.2 Å². The van der Waals surface area contributed by atoms with E-state index < -0.39 is 21.7 Å². The third-order valence-corrected chi connectivity index (χ3v) is 7.67. The number of thiazole rings is 1. The van der Waals surface area contributed by atoms with Gasteiger partial charge in [-0.1, -0.05) is 18.3 Å². The lowest BCUT2D eigenvalue weighted by Crippen LogP contribution is -2.23. The number of sulfone groups is 1. The summed E-state index contributed by atoms with van der Waals surface area (Å²) in [6.45, 7) is 3.28. The van der Waals surface area contributed by atoms with Gasteiger partial charge < -0.3 is 18.8 Å². The van der Waals surface area contributed by atoms with Crippen LogP contribution in [0.3, 0.4) is 0 Å². The number of amides is 1. The van der Waals surface area contributed by atoms with Gasteiger partial charge in [-0.2, -0.15) is 4.99 Å². The molecule has 0 atom stereocenters. The first kappa shape index (κ1) is 24.5. The van der Waals surface area contributed by atoms with E-state index in [2.05, 4.69) is 4.99 Å². The average Bonchev–Trinajstić information content (AvgIpc) is 3.16. The molecule has 0 bridgehead atoms. The van der Waals surface area contributed by atoms with Gasteiger partial charge in [-0.15, -0.1) is 0 Å². The lowest BCUT2D eigenvalue weighted by atomic mass is 10.2. The van der Waals surface area contributed by atoms with Crippen LogP contribution in [0.1, 0.15) is 24.2 Å². The van der Waals surface area contributed by atoms with E-state index in [1.807, 2.05) is 0 Å². The molecule has 0 saturated heterocycles. The highest BCUT2D eigenvalue weighted by molar-refractivity contribution is 7.91. The van der Waals surface area contributed by atoms with Crippen molar-refractivity contribution in [2.24, 2.45) is 4.99 Å². The summed E-state index contributed by atoms with van der Waals surface area (Å²) in [7, 11) is -0.361. The highest BCUT2D eigenvalue weighted by Gasteiger charge is 2.19. The van der Waals surface area contributed by atoms with Crippen molar-refractivity contribution in [2.75, 3.05) is 26.6 Å². The summed E-state index contributed by atoms with van der Waals surface area (Å²) < 4.78 is 42.2. The van der Waals surface area contributed by atoms with Crippen LogP contribution in [0.2, 0.25) is 0 Å². The van der Waals surface area contributed by atoms with E-state index in [0.717, 1.165) is 0 Å². The predicted octanol–water partition coefficient (Wildman–Crippen LogP) is 2.82. The van der Waals surface area contributed by atoms with E-state index in [4.69, 9.17) is 14.2 Å². The van der Waals surface area contributed by atoms with Gasteiger partial charge in [0.1, 0.15) is 28.3 Å². The van der Waals surface area contributed by atoms with Crippen LogP contribution in [0.5, 0.6) is 11.5 Å². The van der Waals surface area contributed by atoms with Gasteiger partial charge in [0, 0.05) is 5.56 Å². The zero-order chi connectivity index (χ0) is 24.2. The summed E-state index contributed by atoms with van der Waals surface area (Å²) in [6.07, 6.45) is 0. The number of carbonyl (C=O) groups excluding carboxylic acids is 2. The fourth-order valence-electron chi connectivity index (χ4n) is 3.14. The molecule has 2 aromatic carbocycles. The highest BCUT2D eigenvalue weighted by Crippen LogP contribution is 2.35. The molecule has 3 aromatic rings. The summed E-state index contributed by atoms with van der Waals surface area (Å²) in [5.41, 5.74) is 0.759. The number of methoxy groups -OCH3 is 2. The number of esters is 1. The first-order valence-corrected chi connectivity index (χ1v) is 12.5. The average molecular weight is 493 g/mol. The second-order valence-electron chi connectivity index (χ2n) is 6.77. The van der Waals surface area contributed by atoms with Gasteiger partial charge in [-0.05, 0) is 43.3 Å². The van der Waals surface area contributed by atoms with Gasteiger partial charge in [0.2, 0.25) is 0 Å². The molecule has 0 aliphatic rings. The molecule has 0 saturated carbocycles. The summed E-state index contributed by atoms with van der Waals surface area (Å²) in [5.74, 6) is -0.0993. The Hall–Kier alpha value is -3.18. The molecule has 11 heteroatoms. The minimum absolute atomic E-state index is 0.0377. The molecule has 0 N–H and O–H groups in total. The normalized spacial score (nSPS) is 12.1. The smallest absolute Gasteiger partial charge is 0.326 e. The molecular formula is C22H24N2O7S2. The molecule has 1 aromatic heterocycles. The number of aromatic nitrogens is 1. The molecule has 0 aliphatic carbocycles. The number of benzene rings is 2. The summed E-state index contributed by atoms with van der Waals surface area (Å²) in [5, 5.41) is 0. The lowest BCUT2D eigenvalue weighted by Gasteiger charge is -2.10. The largest absolute Gasteiger partial charge is 0.495 e. The van der Waals surface area contributed by atoms with Crippen LogP contribution in [-0.2, 0) is 25.9 Å². The summed E-state index contributed by atoms with van der Waals surface area (Å²) >= 11 is 1.17. The highest BCUT2D eigenvalue weighted by atomic mass is 32.2. The van der Waals surface area contributed by atoms with Crippen LogP contribution in [0.4, 0.5) is 0 Å². The molecule has 0 spiro atoms.